The van der Waals surface area contributed by atoms with Gasteiger partial charge in [0.05, 0.1) is 10.5 Å². The third-order valence-corrected chi connectivity index (χ3v) is 2.75. The minimum absolute atomic E-state index is 0.101. The number of hydrogen-bond acceptors (Lipinski definition) is 3. The molecule has 1 unspecified atom stereocenters. The van der Waals surface area contributed by atoms with E-state index in [1.165, 1.54) is 13.1 Å². The van der Waals surface area contributed by atoms with Crippen LogP contribution in [-0.4, -0.2) is 10.8 Å². The first kappa shape index (κ1) is 10.6. The summed E-state index contributed by atoms with van der Waals surface area (Å²) in [4.78, 5) is 14.8. The normalized spacial score (nSPS) is 12.6. The summed E-state index contributed by atoms with van der Waals surface area (Å²) in [7, 11) is 0. The van der Waals surface area contributed by atoms with Gasteiger partial charge in [0.1, 0.15) is 5.15 Å². The fraction of sp³-hybridized carbons (Fsp3) is 0.250. The van der Waals surface area contributed by atoms with Gasteiger partial charge in [-0.05, 0) is 34.5 Å². The highest BCUT2D eigenvalue weighted by molar-refractivity contribution is 9.10. The number of ketones is 1. The number of Topliss-reactive ketones (excluding diaryl/α,β-unsaturated/α-hetero) is 1. The zero-order valence-electron chi connectivity index (χ0n) is 6.92. The van der Waals surface area contributed by atoms with Gasteiger partial charge >= 0.3 is 0 Å². The number of rotatable bonds is 2. The van der Waals surface area contributed by atoms with Gasteiger partial charge in [-0.2, -0.15) is 0 Å². The van der Waals surface area contributed by atoms with E-state index >= 15 is 0 Å². The maximum Gasteiger partial charge on any atom is 0.151 e. The molecule has 0 radical (unpaired) electrons. The quantitative estimate of drug-likeness (QED) is 0.831. The number of hydrogen-bond donors (Lipinski definition) is 1. The molecule has 1 heterocycles. The Morgan fingerprint density at radius 3 is 2.85 bits per heavy atom. The van der Waals surface area contributed by atoms with Crippen molar-refractivity contribution in [1.82, 2.24) is 4.98 Å². The number of halogens is 2. The Morgan fingerprint density at radius 1 is 1.77 bits per heavy atom. The molecule has 1 aromatic rings. The Kier molecular flexibility index (Phi) is 3.41. The monoisotopic (exact) mass is 262 g/mol. The van der Waals surface area contributed by atoms with Crippen LogP contribution in [0.25, 0.3) is 0 Å². The number of aromatic nitrogens is 1. The van der Waals surface area contributed by atoms with Crippen LogP contribution in [0.4, 0.5) is 0 Å². The lowest BCUT2D eigenvalue weighted by molar-refractivity contribution is -0.118. The van der Waals surface area contributed by atoms with E-state index in [1.807, 2.05) is 0 Å². The van der Waals surface area contributed by atoms with E-state index < -0.39 is 6.04 Å². The Hall–Kier alpha value is -0.450. The van der Waals surface area contributed by atoms with E-state index in [4.69, 9.17) is 17.3 Å². The minimum atomic E-state index is -0.624. The van der Waals surface area contributed by atoms with Crippen LogP contribution < -0.4 is 5.73 Å². The second kappa shape index (κ2) is 4.17. The molecule has 0 saturated heterocycles. The summed E-state index contributed by atoms with van der Waals surface area (Å²) in [5.41, 5.74) is 6.26. The number of carbonyl (C=O) groups excluding carboxylic acids is 1. The van der Waals surface area contributed by atoms with E-state index in [9.17, 15) is 4.79 Å². The topological polar surface area (TPSA) is 56.0 Å². The van der Waals surface area contributed by atoms with Gasteiger partial charge in [0.2, 0.25) is 0 Å². The predicted octanol–water partition coefficient (Wildman–Crippen LogP) is 2.09. The first-order valence-corrected chi connectivity index (χ1v) is 4.76. The van der Waals surface area contributed by atoms with Crippen molar-refractivity contribution >= 4 is 33.3 Å². The van der Waals surface area contributed by atoms with Crippen molar-refractivity contribution in [3.8, 4) is 0 Å². The summed E-state index contributed by atoms with van der Waals surface area (Å²) >= 11 is 8.88. The molecule has 0 spiro atoms. The van der Waals surface area contributed by atoms with Gasteiger partial charge in [0.15, 0.2) is 5.78 Å². The van der Waals surface area contributed by atoms with E-state index in [-0.39, 0.29) is 5.78 Å². The van der Waals surface area contributed by atoms with Crippen molar-refractivity contribution in [2.75, 3.05) is 0 Å². The summed E-state index contributed by atoms with van der Waals surface area (Å²) in [6, 6.07) is 1.07. The van der Waals surface area contributed by atoms with Crippen LogP contribution >= 0.6 is 27.5 Å². The van der Waals surface area contributed by atoms with Crippen LogP contribution in [0.1, 0.15) is 18.5 Å². The van der Waals surface area contributed by atoms with E-state index in [1.54, 1.807) is 6.07 Å². The summed E-state index contributed by atoms with van der Waals surface area (Å²) < 4.78 is 0.642. The highest BCUT2D eigenvalue weighted by Gasteiger charge is 2.12. The zero-order valence-corrected chi connectivity index (χ0v) is 9.26. The second-order valence-electron chi connectivity index (χ2n) is 2.63. The Morgan fingerprint density at radius 2 is 2.38 bits per heavy atom. The van der Waals surface area contributed by atoms with Crippen molar-refractivity contribution in [3.63, 3.8) is 0 Å². The first-order valence-electron chi connectivity index (χ1n) is 3.59. The van der Waals surface area contributed by atoms with Gasteiger partial charge in [-0.1, -0.05) is 11.6 Å². The molecule has 0 aliphatic carbocycles. The second-order valence-corrected chi connectivity index (χ2v) is 3.84. The van der Waals surface area contributed by atoms with Gasteiger partial charge in [-0.25, -0.2) is 4.98 Å². The van der Waals surface area contributed by atoms with Crippen LogP contribution in [0.3, 0.4) is 0 Å². The van der Waals surface area contributed by atoms with Gasteiger partial charge in [-0.15, -0.1) is 0 Å². The molecular weight excluding hydrogens is 255 g/mol. The molecule has 0 fully saturated rings. The largest absolute Gasteiger partial charge is 0.318 e. The van der Waals surface area contributed by atoms with Crippen LogP contribution in [-0.2, 0) is 4.79 Å². The van der Waals surface area contributed by atoms with Crippen molar-refractivity contribution in [1.29, 1.82) is 0 Å². The molecule has 13 heavy (non-hydrogen) atoms. The summed E-state index contributed by atoms with van der Waals surface area (Å²) in [5.74, 6) is -0.101. The van der Waals surface area contributed by atoms with E-state index in [0.29, 0.717) is 15.2 Å². The summed E-state index contributed by atoms with van der Waals surface area (Å²) in [6.45, 7) is 1.44. The van der Waals surface area contributed by atoms with E-state index in [2.05, 4.69) is 20.9 Å². The zero-order chi connectivity index (χ0) is 10.0. The average Bonchev–Trinajstić information content (AvgIpc) is 2.08. The molecule has 0 aliphatic heterocycles. The average molecular weight is 264 g/mol. The Labute approximate surface area is 89.4 Å². The smallest absolute Gasteiger partial charge is 0.151 e. The lowest BCUT2D eigenvalue weighted by atomic mass is 10.1. The summed E-state index contributed by atoms with van der Waals surface area (Å²) in [6.07, 6.45) is 1.50. The highest BCUT2D eigenvalue weighted by atomic mass is 79.9. The number of nitrogens with two attached hydrogens (primary N) is 1. The fourth-order valence-corrected chi connectivity index (χ4v) is 1.31. The standard InChI is InChI=1S/C8H8BrClN2O/c1-4(13)7(11)5-2-6(9)8(10)12-3-5/h2-3,7H,11H2,1H3. The number of pyridine rings is 1. The van der Waals surface area contributed by atoms with Crippen LogP contribution in [0.5, 0.6) is 0 Å². The van der Waals surface area contributed by atoms with Crippen LogP contribution in [0.15, 0.2) is 16.7 Å². The van der Waals surface area contributed by atoms with Crippen LogP contribution in [0, 0.1) is 0 Å². The molecule has 0 aromatic carbocycles. The molecular formula is C8H8BrClN2O. The lowest BCUT2D eigenvalue weighted by Gasteiger charge is -2.07. The molecule has 70 valence electrons. The van der Waals surface area contributed by atoms with Crippen molar-refractivity contribution < 1.29 is 4.79 Å². The fourth-order valence-electron chi connectivity index (χ4n) is 0.841. The Balaban J connectivity index is 3.03. The molecule has 5 heteroatoms. The SMILES string of the molecule is CC(=O)C(N)c1cnc(Cl)c(Br)c1. The van der Waals surface area contributed by atoms with Crippen molar-refractivity contribution in [2.45, 2.75) is 13.0 Å². The molecule has 2 N–H and O–H groups in total. The van der Waals surface area contributed by atoms with Gasteiger partial charge in [-0.3, -0.25) is 4.79 Å². The molecule has 0 saturated carbocycles. The van der Waals surface area contributed by atoms with Gasteiger partial charge < -0.3 is 5.73 Å². The maximum atomic E-state index is 10.9. The Bertz CT molecular complexity index is 343. The highest BCUT2D eigenvalue weighted by Crippen LogP contribution is 2.22. The molecule has 0 amide bonds. The molecule has 1 atom stereocenters. The van der Waals surface area contributed by atoms with E-state index in [0.717, 1.165) is 0 Å². The summed E-state index contributed by atoms with van der Waals surface area (Å²) in [5, 5.41) is 0.361. The van der Waals surface area contributed by atoms with Gasteiger partial charge in [0.25, 0.3) is 0 Å². The first-order chi connectivity index (χ1) is 6.02. The lowest BCUT2D eigenvalue weighted by Crippen LogP contribution is -2.18. The van der Waals surface area contributed by atoms with Crippen molar-refractivity contribution in [2.24, 2.45) is 5.73 Å². The third kappa shape index (κ3) is 2.49. The molecule has 0 aliphatic rings. The third-order valence-electron chi connectivity index (χ3n) is 1.61. The molecule has 3 nitrogen and oxygen atoms in total. The van der Waals surface area contributed by atoms with Gasteiger partial charge in [0, 0.05) is 6.20 Å². The van der Waals surface area contributed by atoms with Crippen molar-refractivity contribution in [3.05, 3.63) is 27.5 Å². The molecule has 0 bridgehead atoms. The van der Waals surface area contributed by atoms with Crippen LogP contribution in [0.2, 0.25) is 5.15 Å². The molecule has 1 aromatic heterocycles. The molecule has 1 rings (SSSR count). The number of carbonyl (C=O) groups is 1. The maximum absolute atomic E-state index is 10.9. The minimum Gasteiger partial charge on any atom is -0.318 e. The number of nitrogens with zero attached hydrogens (tertiary/aromatic N) is 1. The predicted molar refractivity (Wildman–Crippen MR) is 54.6 cm³/mol.